The molecule has 0 aromatic heterocycles. The first kappa shape index (κ1) is 28.4. The van der Waals surface area contributed by atoms with Crippen LogP contribution in [0, 0.1) is 0 Å². The van der Waals surface area contributed by atoms with E-state index in [4.69, 9.17) is 18.9 Å². The van der Waals surface area contributed by atoms with Crippen LogP contribution in [0.4, 0.5) is 17.1 Å². The van der Waals surface area contributed by atoms with Gasteiger partial charge in [0.25, 0.3) is 5.91 Å². The summed E-state index contributed by atoms with van der Waals surface area (Å²) in [7, 11) is 0. The van der Waals surface area contributed by atoms with Crippen molar-refractivity contribution in [3.63, 3.8) is 0 Å². The second-order valence-corrected chi connectivity index (χ2v) is 8.57. The maximum atomic E-state index is 12.7. The van der Waals surface area contributed by atoms with Crippen molar-refractivity contribution in [3.8, 4) is 17.2 Å². The van der Waals surface area contributed by atoms with Crippen molar-refractivity contribution >= 4 is 28.9 Å². The summed E-state index contributed by atoms with van der Waals surface area (Å²) in [5.74, 6) is 0.0643. The van der Waals surface area contributed by atoms with Crippen LogP contribution in [0.1, 0.15) is 45.0 Å². The number of ether oxygens (including phenoxy) is 4. The van der Waals surface area contributed by atoms with Crippen molar-refractivity contribution in [2.24, 2.45) is 0 Å². The van der Waals surface area contributed by atoms with Gasteiger partial charge in [-0.1, -0.05) is 18.2 Å². The molecule has 0 aliphatic heterocycles. The number of rotatable bonds is 13. The molecule has 0 aliphatic rings. The van der Waals surface area contributed by atoms with Crippen LogP contribution >= 0.6 is 0 Å². The minimum Gasteiger partial charge on any atom is -0.490 e. The lowest BCUT2D eigenvalue weighted by Crippen LogP contribution is -2.25. The van der Waals surface area contributed by atoms with Gasteiger partial charge in [0.2, 0.25) is 5.75 Å². The van der Waals surface area contributed by atoms with Gasteiger partial charge in [0.15, 0.2) is 18.1 Å². The van der Waals surface area contributed by atoms with Gasteiger partial charge in [0.1, 0.15) is 0 Å². The van der Waals surface area contributed by atoms with E-state index < -0.39 is 18.5 Å². The van der Waals surface area contributed by atoms with Crippen molar-refractivity contribution < 1.29 is 28.5 Å². The van der Waals surface area contributed by atoms with Crippen molar-refractivity contribution in [1.29, 1.82) is 0 Å². The Morgan fingerprint density at radius 2 is 1.34 bits per heavy atom. The molecular weight excluding hydrogens is 484 g/mol. The Morgan fingerprint density at radius 1 is 0.789 bits per heavy atom. The largest absolute Gasteiger partial charge is 0.490 e. The van der Waals surface area contributed by atoms with E-state index in [0.29, 0.717) is 42.8 Å². The zero-order valence-electron chi connectivity index (χ0n) is 22.7. The van der Waals surface area contributed by atoms with Crippen LogP contribution in [0.5, 0.6) is 17.2 Å². The maximum absolute atomic E-state index is 12.7. The predicted molar refractivity (Wildman–Crippen MR) is 149 cm³/mol. The van der Waals surface area contributed by atoms with E-state index in [1.165, 1.54) is 12.1 Å². The Morgan fingerprint density at radius 3 is 1.87 bits per heavy atom. The molecule has 3 aromatic carbocycles. The van der Waals surface area contributed by atoms with Crippen LogP contribution in [0.3, 0.4) is 0 Å². The van der Waals surface area contributed by atoms with E-state index in [-0.39, 0.29) is 11.6 Å². The standard InChI is InChI=1S/C30H36N2O6/c1-6-35-26-18-22(19-27(36-7-2)29(26)37-8-3)30(34)38-20-28(33)31-23-14-16-25(17-15-23)32(21(4)5)24-12-10-9-11-13-24/h9-19,21H,6-8,20H2,1-5H3,(H,31,33). The van der Waals surface area contributed by atoms with Gasteiger partial charge in [0.05, 0.1) is 25.4 Å². The monoisotopic (exact) mass is 520 g/mol. The number of benzene rings is 3. The lowest BCUT2D eigenvalue weighted by molar-refractivity contribution is -0.119. The number of anilines is 3. The Balaban J connectivity index is 1.65. The molecular formula is C30H36N2O6. The smallest absolute Gasteiger partial charge is 0.338 e. The molecule has 3 rings (SSSR count). The van der Waals surface area contributed by atoms with Gasteiger partial charge in [-0.05, 0) is 83.1 Å². The molecule has 1 amide bonds. The Bertz CT molecular complexity index is 1170. The molecule has 0 atom stereocenters. The van der Waals surface area contributed by atoms with Crippen molar-refractivity contribution in [2.75, 3.05) is 36.6 Å². The summed E-state index contributed by atoms with van der Waals surface area (Å²) >= 11 is 0. The van der Waals surface area contributed by atoms with E-state index in [2.05, 4.69) is 36.2 Å². The third-order valence-corrected chi connectivity index (χ3v) is 5.46. The zero-order valence-corrected chi connectivity index (χ0v) is 22.7. The minimum absolute atomic E-state index is 0.201. The van der Waals surface area contributed by atoms with Gasteiger partial charge in [-0.2, -0.15) is 0 Å². The molecule has 0 radical (unpaired) electrons. The SMILES string of the molecule is CCOc1cc(C(=O)OCC(=O)Nc2ccc(N(c3ccccc3)C(C)C)cc2)cc(OCC)c1OCC. The molecule has 0 bridgehead atoms. The fourth-order valence-electron chi connectivity index (χ4n) is 3.96. The highest BCUT2D eigenvalue weighted by Crippen LogP contribution is 2.39. The second kappa shape index (κ2) is 13.9. The quantitative estimate of drug-likeness (QED) is 0.268. The fourth-order valence-corrected chi connectivity index (χ4v) is 3.96. The summed E-state index contributed by atoms with van der Waals surface area (Å²) in [6.45, 7) is 10.5. The molecule has 0 fully saturated rings. The number of nitrogens with zero attached hydrogens (tertiary/aromatic N) is 1. The Kier molecular flexibility index (Phi) is 10.4. The molecule has 1 N–H and O–H groups in total. The summed E-state index contributed by atoms with van der Waals surface area (Å²) in [6, 6.07) is 20.9. The van der Waals surface area contributed by atoms with Crippen LogP contribution in [0.2, 0.25) is 0 Å². The second-order valence-electron chi connectivity index (χ2n) is 8.57. The fraction of sp³-hybridized carbons (Fsp3) is 0.333. The van der Waals surface area contributed by atoms with Crippen LogP contribution in [-0.2, 0) is 9.53 Å². The number of carbonyl (C=O) groups excluding carboxylic acids is 2. The molecule has 0 heterocycles. The van der Waals surface area contributed by atoms with Gasteiger partial charge in [-0.15, -0.1) is 0 Å². The molecule has 0 saturated heterocycles. The normalized spacial score (nSPS) is 10.6. The molecule has 0 aliphatic carbocycles. The first-order chi connectivity index (χ1) is 18.4. The van der Waals surface area contributed by atoms with Crippen molar-refractivity contribution in [2.45, 2.75) is 40.7 Å². The molecule has 0 saturated carbocycles. The highest BCUT2D eigenvalue weighted by molar-refractivity contribution is 5.96. The number of carbonyl (C=O) groups is 2. The maximum Gasteiger partial charge on any atom is 0.338 e. The van der Waals surface area contributed by atoms with Gasteiger partial charge in [-0.25, -0.2) is 4.79 Å². The summed E-state index contributed by atoms with van der Waals surface area (Å²) in [5.41, 5.74) is 2.89. The number of hydrogen-bond acceptors (Lipinski definition) is 7. The predicted octanol–water partition coefficient (Wildman–Crippen LogP) is 6.22. The van der Waals surface area contributed by atoms with Gasteiger partial charge in [0, 0.05) is 23.1 Å². The van der Waals surface area contributed by atoms with E-state index >= 15 is 0 Å². The average Bonchev–Trinajstić information content (AvgIpc) is 2.91. The number of para-hydroxylation sites is 1. The van der Waals surface area contributed by atoms with Gasteiger partial charge < -0.3 is 29.2 Å². The summed E-state index contributed by atoms with van der Waals surface area (Å²) in [5, 5.41) is 2.77. The van der Waals surface area contributed by atoms with Gasteiger partial charge >= 0.3 is 5.97 Å². The topological polar surface area (TPSA) is 86.3 Å². The first-order valence-electron chi connectivity index (χ1n) is 12.9. The molecule has 0 unspecified atom stereocenters. The Hall–Kier alpha value is -4.20. The molecule has 202 valence electrons. The number of nitrogens with one attached hydrogen (secondary N) is 1. The van der Waals surface area contributed by atoms with E-state index in [0.717, 1.165) is 11.4 Å². The third kappa shape index (κ3) is 7.41. The summed E-state index contributed by atoms with van der Waals surface area (Å²) in [6.07, 6.45) is 0. The van der Waals surface area contributed by atoms with E-state index in [1.807, 2.05) is 63.2 Å². The van der Waals surface area contributed by atoms with Crippen LogP contribution in [0.25, 0.3) is 0 Å². The van der Waals surface area contributed by atoms with E-state index in [9.17, 15) is 9.59 Å². The molecule has 3 aromatic rings. The third-order valence-electron chi connectivity index (χ3n) is 5.46. The highest BCUT2D eigenvalue weighted by Gasteiger charge is 2.20. The van der Waals surface area contributed by atoms with Crippen LogP contribution < -0.4 is 24.4 Å². The zero-order chi connectivity index (χ0) is 27.5. The average molecular weight is 521 g/mol. The highest BCUT2D eigenvalue weighted by atomic mass is 16.5. The lowest BCUT2D eigenvalue weighted by Gasteiger charge is -2.29. The number of esters is 1. The van der Waals surface area contributed by atoms with E-state index in [1.54, 1.807) is 0 Å². The minimum atomic E-state index is -0.670. The summed E-state index contributed by atoms with van der Waals surface area (Å²) < 4.78 is 22.2. The molecule has 38 heavy (non-hydrogen) atoms. The van der Waals surface area contributed by atoms with Gasteiger partial charge in [-0.3, -0.25) is 4.79 Å². The lowest BCUT2D eigenvalue weighted by atomic mass is 10.1. The van der Waals surface area contributed by atoms with Crippen LogP contribution in [-0.4, -0.2) is 44.3 Å². The van der Waals surface area contributed by atoms with Crippen molar-refractivity contribution in [3.05, 3.63) is 72.3 Å². The Labute approximate surface area is 224 Å². The first-order valence-corrected chi connectivity index (χ1v) is 12.9. The molecule has 8 heteroatoms. The number of amides is 1. The molecule has 8 nitrogen and oxygen atoms in total. The van der Waals surface area contributed by atoms with Crippen LogP contribution in [0.15, 0.2) is 66.7 Å². The van der Waals surface area contributed by atoms with Crippen molar-refractivity contribution in [1.82, 2.24) is 0 Å². The molecule has 0 spiro atoms. The summed E-state index contributed by atoms with van der Waals surface area (Å²) in [4.78, 5) is 27.5. The number of hydrogen-bond donors (Lipinski definition) is 1.